The molecule has 4 N–H and O–H groups in total. The predicted molar refractivity (Wildman–Crippen MR) is 94.8 cm³/mol. The number of nitrogens with one attached hydrogen (secondary N) is 1. The van der Waals surface area contributed by atoms with Crippen LogP contribution in [-0.2, 0) is 4.74 Å². The smallest absolute Gasteiger partial charge is 0.338 e. The minimum atomic E-state index is -1.34. The van der Waals surface area contributed by atoms with Crippen LogP contribution in [0.1, 0.15) is 20.7 Å². The van der Waals surface area contributed by atoms with Crippen molar-refractivity contribution in [2.45, 2.75) is 0 Å². The van der Waals surface area contributed by atoms with E-state index in [1.807, 2.05) is 6.07 Å². The molecule has 138 valence electrons. The number of anilines is 1. The molecule has 0 aliphatic rings. The Kier molecular flexibility index (Phi) is 6.85. The standard InChI is InChI=1S/C19H21NO6/c21-10-19(11-22,12-23)13-26-18(25)16-9-5-4-8-15(16)17(24)20-14-6-2-1-3-7-14/h1-9,21-23H,10-13H2,(H,20,24). The molecule has 0 saturated carbocycles. The molecule has 1 amide bonds. The topological polar surface area (TPSA) is 116 Å². The summed E-state index contributed by atoms with van der Waals surface area (Å²) < 4.78 is 5.11. The first-order valence-corrected chi connectivity index (χ1v) is 8.00. The van der Waals surface area contributed by atoms with Gasteiger partial charge in [0.05, 0.1) is 36.4 Å². The van der Waals surface area contributed by atoms with E-state index in [1.54, 1.807) is 36.4 Å². The van der Waals surface area contributed by atoms with Crippen LogP contribution >= 0.6 is 0 Å². The lowest BCUT2D eigenvalue weighted by Gasteiger charge is -2.26. The number of benzene rings is 2. The number of hydrogen-bond acceptors (Lipinski definition) is 6. The highest BCUT2D eigenvalue weighted by Gasteiger charge is 2.31. The van der Waals surface area contributed by atoms with Gasteiger partial charge in [0.1, 0.15) is 6.61 Å². The Morgan fingerprint density at radius 2 is 1.38 bits per heavy atom. The molecule has 0 fully saturated rings. The van der Waals surface area contributed by atoms with Crippen molar-refractivity contribution in [3.63, 3.8) is 0 Å². The van der Waals surface area contributed by atoms with Gasteiger partial charge in [0.2, 0.25) is 0 Å². The zero-order valence-corrected chi connectivity index (χ0v) is 14.1. The van der Waals surface area contributed by atoms with Crippen molar-refractivity contribution in [1.29, 1.82) is 0 Å². The molecule has 0 aromatic heterocycles. The predicted octanol–water partition coefficient (Wildman–Crippen LogP) is 1.06. The number of hydrogen-bond donors (Lipinski definition) is 4. The lowest BCUT2D eigenvalue weighted by atomic mass is 9.92. The summed E-state index contributed by atoms with van der Waals surface area (Å²) in [7, 11) is 0. The van der Waals surface area contributed by atoms with E-state index in [1.165, 1.54) is 12.1 Å². The second kappa shape index (κ2) is 9.10. The summed E-state index contributed by atoms with van der Waals surface area (Å²) in [4.78, 5) is 24.8. The second-order valence-electron chi connectivity index (χ2n) is 5.92. The number of aliphatic hydroxyl groups excluding tert-OH is 3. The zero-order valence-electron chi connectivity index (χ0n) is 14.1. The van der Waals surface area contributed by atoms with Crippen LogP contribution in [0.15, 0.2) is 54.6 Å². The van der Waals surface area contributed by atoms with E-state index in [0.29, 0.717) is 5.69 Å². The summed E-state index contributed by atoms with van der Waals surface area (Å²) in [5.74, 6) is -1.26. The molecule has 0 spiro atoms. The minimum Gasteiger partial charge on any atom is -0.461 e. The van der Waals surface area contributed by atoms with Crippen molar-refractivity contribution >= 4 is 17.6 Å². The number of carbonyl (C=O) groups excluding carboxylic acids is 2. The van der Waals surface area contributed by atoms with Crippen LogP contribution in [0.3, 0.4) is 0 Å². The fraction of sp³-hybridized carbons (Fsp3) is 0.263. The van der Waals surface area contributed by atoms with Crippen LogP contribution in [-0.4, -0.2) is 53.6 Å². The summed E-state index contributed by atoms with van der Waals surface area (Å²) in [6.45, 7) is -2.04. The van der Waals surface area contributed by atoms with E-state index < -0.39 is 37.1 Å². The molecule has 2 rings (SSSR count). The second-order valence-corrected chi connectivity index (χ2v) is 5.92. The molecular formula is C19H21NO6. The highest BCUT2D eigenvalue weighted by molar-refractivity contribution is 6.11. The van der Waals surface area contributed by atoms with Gasteiger partial charge in [0, 0.05) is 5.69 Å². The van der Waals surface area contributed by atoms with Crippen molar-refractivity contribution in [2.24, 2.45) is 5.41 Å². The summed E-state index contributed by atoms with van der Waals surface area (Å²) in [6.07, 6.45) is 0. The van der Waals surface area contributed by atoms with Crippen LogP contribution in [0.2, 0.25) is 0 Å². The van der Waals surface area contributed by atoms with E-state index in [-0.39, 0.29) is 17.7 Å². The average molecular weight is 359 g/mol. The van der Waals surface area contributed by atoms with Gasteiger partial charge in [-0.25, -0.2) is 4.79 Å². The molecule has 0 unspecified atom stereocenters. The van der Waals surface area contributed by atoms with Crippen LogP contribution in [0.5, 0.6) is 0 Å². The van der Waals surface area contributed by atoms with E-state index in [2.05, 4.69) is 5.32 Å². The van der Waals surface area contributed by atoms with Gasteiger partial charge in [0.25, 0.3) is 5.91 Å². The van der Waals surface area contributed by atoms with E-state index in [4.69, 9.17) is 4.74 Å². The van der Waals surface area contributed by atoms with Gasteiger partial charge in [-0.15, -0.1) is 0 Å². The van der Waals surface area contributed by atoms with Gasteiger partial charge in [-0.2, -0.15) is 0 Å². The third-order valence-electron chi connectivity index (χ3n) is 3.94. The zero-order chi connectivity index (χ0) is 19.0. The van der Waals surface area contributed by atoms with Crippen molar-refractivity contribution in [1.82, 2.24) is 0 Å². The van der Waals surface area contributed by atoms with Crippen LogP contribution in [0.4, 0.5) is 5.69 Å². The maximum atomic E-state index is 12.5. The molecule has 7 nitrogen and oxygen atoms in total. The lowest BCUT2D eigenvalue weighted by Crippen LogP contribution is -2.39. The molecule has 0 aliphatic carbocycles. The minimum absolute atomic E-state index is 0.0450. The molecule has 0 radical (unpaired) electrons. The molecular weight excluding hydrogens is 338 g/mol. The average Bonchev–Trinajstić information content (AvgIpc) is 2.70. The Morgan fingerprint density at radius 1 is 0.846 bits per heavy atom. The summed E-state index contributed by atoms with van der Waals surface area (Å²) >= 11 is 0. The fourth-order valence-corrected chi connectivity index (χ4v) is 2.16. The summed E-state index contributed by atoms with van der Waals surface area (Å²) in [6, 6.07) is 14.9. The maximum absolute atomic E-state index is 12.5. The molecule has 7 heteroatoms. The van der Waals surface area contributed by atoms with Crippen molar-refractivity contribution in [3.8, 4) is 0 Å². The molecule has 0 saturated heterocycles. The van der Waals surface area contributed by atoms with E-state index >= 15 is 0 Å². The number of ether oxygens (including phenoxy) is 1. The van der Waals surface area contributed by atoms with Gasteiger partial charge in [-0.3, -0.25) is 4.79 Å². The van der Waals surface area contributed by atoms with E-state index in [9.17, 15) is 24.9 Å². The molecule has 0 heterocycles. The third-order valence-corrected chi connectivity index (χ3v) is 3.94. The first kappa shape index (κ1) is 19.6. The first-order valence-electron chi connectivity index (χ1n) is 8.00. The molecule has 0 atom stereocenters. The van der Waals surface area contributed by atoms with Gasteiger partial charge in [-0.1, -0.05) is 30.3 Å². The highest BCUT2D eigenvalue weighted by Crippen LogP contribution is 2.18. The van der Waals surface area contributed by atoms with Crippen LogP contribution < -0.4 is 5.32 Å². The highest BCUT2D eigenvalue weighted by atomic mass is 16.5. The molecule has 0 aliphatic heterocycles. The van der Waals surface area contributed by atoms with Crippen molar-refractivity contribution < 1.29 is 29.6 Å². The Labute approximate surface area is 150 Å². The number of esters is 1. The SMILES string of the molecule is O=C(Nc1ccccc1)c1ccccc1C(=O)OCC(CO)(CO)CO. The summed E-state index contributed by atoms with van der Waals surface area (Å²) in [5.41, 5.74) is -0.579. The molecule has 2 aromatic carbocycles. The monoisotopic (exact) mass is 359 g/mol. The number of para-hydroxylation sites is 1. The quantitative estimate of drug-likeness (QED) is 0.524. The van der Waals surface area contributed by atoms with Gasteiger partial charge in [-0.05, 0) is 24.3 Å². The Morgan fingerprint density at radius 3 is 1.96 bits per heavy atom. The Bertz CT molecular complexity index is 734. The number of aliphatic hydroxyl groups is 3. The van der Waals surface area contributed by atoms with Crippen LogP contribution in [0.25, 0.3) is 0 Å². The van der Waals surface area contributed by atoms with Crippen molar-refractivity contribution in [3.05, 3.63) is 65.7 Å². The Balaban J connectivity index is 2.15. The largest absolute Gasteiger partial charge is 0.461 e. The van der Waals surface area contributed by atoms with Crippen molar-refractivity contribution in [2.75, 3.05) is 31.7 Å². The molecule has 2 aromatic rings. The first-order chi connectivity index (χ1) is 12.5. The van der Waals surface area contributed by atoms with Gasteiger partial charge < -0.3 is 25.4 Å². The fourth-order valence-electron chi connectivity index (χ4n) is 2.16. The number of amides is 1. The van der Waals surface area contributed by atoms with Gasteiger partial charge >= 0.3 is 5.97 Å². The molecule has 26 heavy (non-hydrogen) atoms. The number of carbonyl (C=O) groups is 2. The summed E-state index contributed by atoms with van der Waals surface area (Å²) in [5, 5.41) is 30.6. The Hall–Kier alpha value is -2.74. The normalized spacial score (nSPS) is 11.0. The maximum Gasteiger partial charge on any atom is 0.338 e. The third kappa shape index (κ3) is 4.66. The van der Waals surface area contributed by atoms with E-state index in [0.717, 1.165) is 0 Å². The van der Waals surface area contributed by atoms with Gasteiger partial charge in [0.15, 0.2) is 0 Å². The van der Waals surface area contributed by atoms with Crippen LogP contribution in [0, 0.1) is 5.41 Å². The molecule has 0 bridgehead atoms. The lowest BCUT2D eigenvalue weighted by molar-refractivity contribution is -0.0441. The number of rotatable bonds is 8.